The number of anilines is 1. The van der Waals surface area contributed by atoms with Crippen LogP contribution in [-0.2, 0) is 10.0 Å². The fourth-order valence-electron chi connectivity index (χ4n) is 2.65. The van der Waals surface area contributed by atoms with Crippen molar-refractivity contribution in [2.24, 2.45) is 0 Å². The summed E-state index contributed by atoms with van der Waals surface area (Å²) in [6, 6.07) is 2.88. The number of aryl methyl sites for hydroxylation is 1. The van der Waals surface area contributed by atoms with Gasteiger partial charge in [-0.15, -0.1) is 0 Å². The minimum atomic E-state index is -3.72. The summed E-state index contributed by atoms with van der Waals surface area (Å²) in [6.07, 6.45) is 4.17. The molecule has 118 valence electrons. The average molecular weight is 333 g/mol. The van der Waals surface area contributed by atoms with Crippen molar-refractivity contribution >= 4 is 27.3 Å². The van der Waals surface area contributed by atoms with Gasteiger partial charge in [0.1, 0.15) is 0 Å². The molecule has 0 spiro atoms. The fraction of sp³-hybridized carbons (Fsp3) is 0.571. The van der Waals surface area contributed by atoms with Crippen LogP contribution in [0.5, 0.6) is 0 Å². The largest absolute Gasteiger partial charge is 0.397 e. The molecule has 1 aliphatic carbocycles. The molecule has 2 rings (SSSR count). The molecule has 0 atom stereocenters. The second-order valence-electron chi connectivity index (χ2n) is 5.75. The van der Waals surface area contributed by atoms with Gasteiger partial charge in [0.2, 0.25) is 10.0 Å². The molecule has 0 unspecified atom stereocenters. The smallest absolute Gasteiger partial charge is 0.241 e. The second-order valence-corrected chi connectivity index (χ2v) is 7.89. The predicted octanol–water partition coefficient (Wildman–Crippen LogP) is 2.20. The SMILES string of the molecule is Cc1cc(Cl)c(N)cc1S(=O)(=O)NCC1(O)CCCCC1. The van der Waals surface area contributed by atoms with Crippen LogP contribution >= 0.6 is 11.6 Å². The summed E-state index contributed by atoms with van der Waals surface area (Å²) < 4.78 is 27.3. The molecular weight excluding hydrogens is 312 g/mol. The van der Waals surface area contributed by atoms with Crippen LogP contribution in [0.25, 0.3) is 0 Å². The summed E-state index contributed by atoms with van der Waals surface area (Å²) in [5.74, 6) is 0. The third-order valence-electron chi connectivity index (χ3n) is 3.96. The Morgan fingerprint density at radius 3 is 2.57 bits per heavy atom. The number of halogens is 1. The third kappa shape index (κ3) is 3.88. The van der Waals surface area contributed by atoms with E-state index in [1.807, 2.05) is 0 Å². The van der Waals surface area contributed by atoms with E-state index in [4.69, 9.17) is 17.3 Å². The molecule has 1 aromatic rings. The quantitative estimate of drug-likeness (QED) is 0.737. The van der Waals surface area contributed by atoms with Gasteiger partial charge in [-0.2, -0.15) is 0 Å². The number of nitrogens with two attached hydrogens (primary N) is 1. The van der Waals surface area contributed by atoms with Crippen molar-refractivity contribution in [2.45, 2.75) is 49.5 Å². The Hall–Kier alpha value is -0.820. The van der Waals surface area contributed by atoms with Crippen molar-refractivity contribution in [1.82, 2.24) is 4.72 Å². The van der Waals surface area contributed by atoms with Crippen LogP contribution < -0.4 is 10.5 Å². The summed E-state index contributed by atoms with van der Waals surface area (Å²) in [5.41, 5.74) is 5.48. The van der Waals surface area contributed by atoms with Crippen molar-refractivity contribution < 1.29 is 13.5 Å². The van der Waals surface area contributed by atoms with E-state index in [9.17, 15) is 13.5 Å². The lowest BCUT2D eigenvalue weighted by molar-refractivity contribution is 0.00945. The first-order chi connectivity index (χ1) is 9.73. The molecular formula is C14H21ClN2O3S. The topological polar surface area (TPSA) is 92.4 Å². The van der Waals surface area contributed by atoms with Gasteiger partial charge in [-0.3, -0.25) is 0 Å². The van der Waals surface area contributed by atoms with E-state index < -0.39 is 15.6 Å². The lowest BCUT2D eigenvalue weighted by Crippen LogP contribution is -2.44. The van der Waals surface area contributed by atoms with Gasteiger partial charge in [0, 0.05) is 6.54 Å². The van der Waals surface area contributed by atoms with Gasteiger partial charge >= 0.3 is 0 Å². The Labute approximate surface area is 130 Å². The minimum Gasteiger partial charge on any atom is -0.397 e. The van der Waals surface area contributed by atoms with Crippen LogP contribution in [0.4, 0.5) is 5.69 Å². The van der Waals surface area contributed by atoms with Crippen molar-refractivity contribution in [1.29, 1.82) is 0 Å². The number of aliphatic hydroxyl groups is 1. The Bertz CT molecular complexity index is 625. The Balaban J connectivity index is 2.17. The first-order valence-corrected chi connectivity index (χ1v) is 8.87. The van der Waals surface area contributed by atoms with Crippen molar-refractivity contribution in [3.8, 4) is 0 Å². The number of nitrogens with one attached hydrogen (secondary N) is 1. The number of nitrogen functional groups attached to an aromatic ring is 1. The number of rotatable bonds is 4. The maximum absolute atomic E-state index is 12.4. The first kappa shape index (κ1) is 16.5. The van der Waals surface area contributed by atoms with E-state index in [2.05, 4.69) is 4.72 Å². The molecule has 0 amide bonds. The van der Waals surface area contributed by atoms with Crippen LogP contribution in [0.15, 0.2) is 17.0 Å². The number of benzene rings is 1. The summed E-state index contributed by atoms with van der Waals surface area (Å²) in [4.78, 5) is 0.101. The van der Waals surface area contributed by atoms with Gasteiger partial charge in [0.15, 0.2) is 0 Å². The maximum Gasteiger partial charge on any atom is 0.241 e. The summed E-state index contributed by atoms with van der Waals surface area (Å²) >= 11 is 5.88. The van der Waals surface area contributed by atoms with E-state index in [0.29, 0.717) is 23.4 Å². The van der Waals surface area contributed by atoms with Crippen LogP contribution in [0, 0.1) is 6.92 Å². The molecule has 1 aliphatic rings. The monoisotopic (exact) mass is 332 g/mol. The van der Waals surface area contributed by atoms with Crippen molar-refractivity contribution in [3.63, 3.8) is 0 Å². The van der Waals surface area contributed by atoms with Crippen LogP contribution in [-0.4, -0.2) is 25.7 Å². The van der Waals surface area contributed by atoms with Gasteiger partial charge in [0.25, 0.3) is 0 Å². The zero-order valence-electron chi connectivity index (χ0n) is 12.0. The zero-order chi connectivity index (χ0) is 15.7. The van der Waals surface area contributed by atoms with E-state index in [0.717, 1.165) is 19.3 Å². The Morgan fingerprint density at radius 2 is 1.95 bits per heavy atom. The Kier molecular flexibility index (Phi) is 4.82. The molecule has 0 bridgehead atoms. The number of hydrogen-bond donors (Lipinski definition) is 3. The lowest BCUT2D eigenvalue weighted by atomic mass is 9.85. The molecule has 0 radical (unpaired) electrons. The predicted molar refractivity (Wildman–Crippen MR) is 83.8 cm³/mol. The van der Waals surface area contributed by atoms with E-state index in [1.54, 1.807) is 6.92 Å². The molecule has 1 aromatic carbocycles. The highest BCUT2D eigenvalue weighted by Crippen LogP contribution is 2.29. The number of hydrogen-bond acceptors (Lipinski definition) is 4. The molecule has 7 heteroatoms. The van der Waals surface area contributed by atoms with Crippen LogP contribution in [0.1, 0.15) is 37.7 Å². The van der Waals surface area contributed by atoms with Gasteiger partial charge < -0.3 is 10.8 Å². The normalized spacial score (nSPS) is 18.6. The van der Waals surface area contributed by atoms with Gasteiger partial charge in [-0.05, 0) is 37.5 Å². The molecule has 1 fully saturated rings. The molecule has 5 nitrogen and oxygen atoms in total. The first-order valence-electron chi connectivity index (χ1n) is 7.01. The lowest BCUT2D eigenvalue weighted by Gasteiger charge is -2.32. The fourth-order valence-corrected chi connectivity index (χ4v) is 4.25. The standard InChI is InChI=1S/C14H21ClN2O3S/c1-10-7-11(15)12(16)8-13(10)21(19,20)17-9-14(18)5-3-2-4-6-14/h7-8,17-18H,2-6,9,16H2,1H3. The van der Waals surface area contributed by atoms with E-state index in [1.165, 1.54) is 12.1 Å². The van der Waals surface area contributed by atoms with Crippen molar-refractivity contribution in [2.75, 3.05) is 12.3 Å². The maximum atomic E-state index is 12.4. The van der Waals surface area contributed by atoms with Gasteiger partial charge in [0.05, 0.1) is 21.2 Å². The molecule has 4 N–H and O–H groups in total. The molecule has 1 saturated carbocycles. The van der Waals surface area contributed by atoms with Gasteiger partial charge in [-0.25, -0.2) is 13.1 Å². The zero-order valence-corrected chi connectivity index (χ0v) is 13.6. The van der Waals surface area contributed by atoms with Crippen molar-refractivity contribution in [3.05, 3.63) is 22.7 Å². The molecule has 0 aromatic heterocycles. The second kappa shape index (κ2) is 6.12. The van der Waals surface area contributed by atoms with Gasteiger partial charge in [-0.1, -0.05) is 30.9 Å². The molecule has 0 heterocycles. The van der Waals surface area contributed by atoms with Crippen LogP contribution in [0.3, 0.4) is 0 Å². The highest BCUT2D eigenvalue weighted by molar-refractivity contribution is 7.89. The number of sulfonamides is 1. The average Bonchev–Trinajstić information content (AvgIpc) is 2.42. The molecule has 0 aliphatic heterocycles. The summed E-state index contributed by atoms with van der Waals surface area (Å²) in [7, 11) is -3.72. The van der Waals surface area contributed by atoms with E-state index >= 15 is 0 Å². The highest BCUT2D eigenvalue weighted by atomic mass is 35.5. The third-order valence-corrected chi connectivity index (χ3v) is 5.83. The molecule has 21 heavy (non-hydrogen) atoms. The van der Waals surface area contributed by atoms with E-state index in [-0.39, 0.29) is 17.1 Å². The Morgan fingerprint density at radius 1 is 1.33 bits per heavy atom. The minimum absolute atomic E-state index is 0.0251. The summed E-state index contributed by atoms with van der Waals surface area (Å²) in [6.45, 7) is 1.69. The molecule has 0 saturated heterocycles. The summed E-state index contributed by atoms with van der Waals surface area (Å²) in [5, 5.41) is 10.7. The highest BCUT2D eigenvalue weighted by Gasteiger charge is 2.31. The van der Waals surface area contributed by atoms with Crippen LogP contribution in [0.2, 0.25) is 5.02 Å².